The van der Waals surface area contributed by atoms with Crippen molar-refractivity contribution in [1.29, 1.82) is 0 Å². The van der Waals surface area contributed by atoms with Gasteiger partial charge in [0, 0.05) is 24.6 Å². The number of carbonyl (C=O) groups excluding carboxylic acids is 6. The topological polar surface area (TPSA) is 134 Å². The summed E-state index contributed by atoms with van der Waals surface area (Å²) in [4.78, 5) is 85.3. The molecule has 14 heteroatoms. The number of piperazine rings is 2. The Hall–Kier alpha value is -4.04. The number of carbonyl (C=O) groups is 6. The first kappa shape index (κ1) is 31.9. The van der Waals surface area contributed by atoms with Crippen LogP contribution in [0.25, 0.3) is 0 Å². The second kappa shape index (κ2) is 14.2. The fourth-order valence-electron chi connectivity index (χ4n) is 6.34. The largest absolute Gasteiger partial charge is 0.444 e. The van der Waals surface area contributed by atoms with Gasteiger partial charge in [0.25, 0.3) is 11.8 Å². The van der Waals surface area contributed by atoms with E-state index in [4.69, 9.17) is 9.47 Å². The second-order valence-corrected chi connectivity index (χ2v) is 14.0. The van der Waals surface area contributed by atoms with E-state index in [9.17, 15) is 28.8 Å². The Morgan fingerprint density at radius 3 is 1.39 bits per heavy atom. The first-order valence-electron chi connectivity index (χ1n) is 15.3. The third kappa shape index (κ3) is 6.45. The maximum Gasteiger partial charge on any atom is 0.417 e. The molecule has 0 radical (unpaired) electrons. The first-order valence-corrected chi connectivity index (χ1v) is 17.8. The summed E-state index contributed by atoms with van der Waals surface area (Å²) in [7, 11) is 2.38. The molecule has 0 spiro atoms. The van der Waals surface area contributed by atoms with Gasteiger partial charge in [-0.2, -0.15) is 0 Å². The third-order valence-electron chi connectivity index (χ3n) is 8.65. The van der Waals surface area contributed by atoms with Crippen LogP contribution in [0.3, 0.4) is 0 Å². The SMILES string of the molecule is O=C1[C@H](CSSC[C@H]2C(=O)N3CCC[C@@H]3C(=O)N2C(=O)OCc2ccccc2)N(C(=O)OCc2ccccc2)C(=O)[C@H]2CCCN12. The van der Waals surface area contributed by atoms with Gasteiger partial charge < -0.3 is 19.3 Å². The lowest BCUT2D eigenvalue weighted by atomic mass is 10.1. The molecule has 4 saturated heterocycles. The maximum absolute atomic E-state index is 13.5. The fraction of sp³-hybridized carbons (Fsp3) is 0.438. The monoisotopic (exact) mass is 666 g/mol. The third-order valence-corrected chi connectivity index (χ3v) is 11.0. The second-order valence-electron chi connectivity index (χ2n) is 11.5. The predicted octanol–water partition coefficient (Wildman–Crippen LogP) is 3.45. The summed E-state index contributed by atoms with van der Waals surface area (Å²) in [6, 6.07) is 14.5. The number of hydrogen-bond acceptors (Lipinski definition) is 10. The van der Waals surface area contributed by atoms with E-state index in [1.807, 2.05) is 36.4 Å². The molecule has 0 aromatic heterocycles. The Morgan fingerprint density at radius 1 is 0.609 bits per heavy atom. The summed E-state index contributed by atoms with van der Waals surface area (Å²) >= 11 is 0. The average Bonchev–Trinajstić information content (AvgIpc) is 3.78. The van der Waals surface area contributed by atoms with Crippen molar-refractivity contribution < 1.29 is 38.2 Å². The molecular formula is C32H34N4O8S2. The minimum Gasteiger partial charge on any atom is -0.444 e. The summed E-state index contributed by atoms with van der Waals surface area (Å²) in [5.41, 5.74) is 1.49. The molecule has 4 fully saturated rings. The van der Waals surface area contributed by atoms with Gasteiger partial charge >= 0.3 is 12.2 Å². The number of ether oxygens (including phenoxy) is 2. The number of fused-ring (bicyclic) bond motifs is 2. The molecule has 12 nitrogen and oxygen atoms in total. The molecule has 2 aromatic carbocycles. The molecule has 0 N–H and O–H groups in total. The number of hydrogen-bond donors (Lipinski definition) is 0. The number of amides is 6. The maximum atomic E-state index is 13.5. The molecule has 4 heterocycles. The zero-order valence-corrected chi connectivity index (χ0v) is 26.7. The Kier molecular flexibility index (Phi) is 9.83. The van der Waals surface area contributed by atoms with Gasteiger partial charge in [-0.25, -0.2) is 19.4 Å². The Morgan fingerprint density at radius 2 is 1.00 bits per heavy atom. The minimum absolute atomic E-state index is 0.0402. The van der Waals surface area contributed by atoms with Crippen LogP contribution in [0.1, 0.15) is 36.8 Å². The molecule has 0 aliphatic carbocycles. The van der Waals surface area contributed by atoms with Crippen LogP contribution in [0.2, 0.25) is 0 Å². The van der Waals surface area contributed by atoms with Gasteiger partial charge in [-0.15, -0.1) is 0 Å². The van der Waals surface area contributed by atoms with Crippen molar-refractivity contribution in [2.24, 2.45) is 0 Å². The number of imide groups is 2. The highest BCUT2D eigenvalue weighted by molar-refractivity contribution is 8.76. The lowest BCUT2D eigenvalue weighted by Crippen LogP contribution is -2.65. The van der Waals surface area contributed by atoms with Gasteiger partial charge in [0.15, 0.2) is 0 Å². The van der Waals surface area contributed by atoms with Crippen molar-refractivity contribution in [2.45, 2.75) is 63.1 Å². The summed E-state index contributed by atoms with van der Waals surface area (Å²) in [5.74, 6) is -1.52. The van der Waals surface area contributed by atoms with Crippen LogP contribution < -0.4 is 0 Å². The molecule has 2 aromatic rings. The van der Waals surface area contributed by atoms with E-state index in [0.717, 1.165) is 20.9 Å². The van der Waals surface area contributed by atoms with Crippen molar-refractivity contribution in [3.05, 3.63) is 71.8 Å². The molecule has 0 unspecified atom stereocenters. The van der Waals surface area contributed by atoms with Crippen LogP contribution in [-0.4, -0.2) is 104 Å². The molecule has 4 aliphatic rings. The molecule has 6 amide bonds. The van der Waals surface area contributed by atoms with E-state index < -0.39 is 48.2 Å². The van der Waals surface area contributed by atoms with Gasteiger partial charge in [0.1, 0.15) is 37.4 Å². The molecular weight excluding hydrogens is 633 g/mol. The van der Waals surface area contributed by atoms with E-state index in [0.29, 0.717) is 38.8 Å². The van der Waals surface area contributed by atoms with Crippen LogP contribution in [0.4, 0.5) is 9.59 Å². The van der Waals surface area contributed by atoms with Crippen molar-refractivity contribution in [1.82, 2.24) is 19.6 Å². The Labute approximate surface area is 274 Å². The number of rotatable bonds is 9. The van der Waals surface area contributed by atoms with Crippen LogP contribution in [0, 0.1) is 0 Å². The van der Waals surface area contributed by atoms with Gasteiger partial charge in [-0.05, 0) is 36.8 Å². The summed E-state index contributed by atoms with van der Waals surface area (Å²) in [6.07, 6.45) is 0.514. The zero-order chi connectivity index (χ0) is 32.2. The number of nitrogens with zero attached hydrogens (tertiary/aromatic N) is 4. The van der Waals surface area contributed by atoms with Crippen molar-refractivity contribution in [3.63, 3.8) is 0 Å². The summed E-state index contributed by atoms with van der Waals surface area (Å²) < 4.78 is 10.9. The van der Waals surface area contributed by atoms with Crippen LogP contribution in [-0.2, 0) is 41.9 Å². The smallest absolute Gasteiger partial charge is 0.417 e. The highest BCUT2D eigenvalue weighted by atomic mass is 33.1. The normalized spacial score (nSPS) is 24.3. The Balaban J connectivity index is 1.12. The first-order chi connectivity index (χ1) is 22.3. The minimum atomic E-state index is -1.10. The van der Waals surface area contributed by atoms with Crippen molar-refractivity contribution >= 4 is 57.4 Å². The molecule has 242 valence electrons. The van der Waals surface area contributed by atoms with Crippen LogP contribution >= 0.6 is 21.6 Å². The van der Waals surface area contributed by atoms with E-state index in [1.54, 1.807) is 24.3 Å². The van der Waals surface area contributed by atoms with Crippen molar-refractivity contribution in [3.8, 4) is 0 Å². The molecule has 4 aliphatic heterocycles. The number of benzene rings is 2. The molecule has 0 bridgehead atoms. The van der Waals surface area contributed by atoms with Crippen LogP contribution in [0.15, 0.2) is 60.7 Å². The summed E-state index contributed by atoms with van der Waals surface area (Å²) in [6.45, 7) is 0.775. The molecule has 6 rings (SSSR count). The molecule has 46 heavy (non-hydrogen) atoms. The Bertz CT molecular complexity index is 1380. The fourth-order valence-corrected chi connectivity index (χ4v) is 8.72. The van der Waals surface area contributed by atoms with Gasteiger partial charge in [0.2, 0.25) is 11.8 Å². The van der Waals surface area contributed by atoms with Crippen LogP contribution in [0.5, 0.6) is 0 Å². The standard InChI is InChI=1S/C32H34N4O8S2/c37-27-25(35(29(39)23-13-7-15-33(23)27)31(41)43-17-21-9-3-1-4-10-21)19-45-46-20-26-28(38)34-16-8-14-24(34)30(40)36(26)32(42)44-18-22-11-5-2-6-12-22/h1-6,9-12,23-26H,7-8,13-20H2/t23-,24-,25+,26+/m1/s1. The van der Waals surface area contributed by atoms with E-state index in [-0.39, 0.29) is 36.5 Å². The zero-order valence-electron chi connectivity index (χ0n) is 25.0. The van der Waals surface area contributed by atoms with Gasteiger partial charge in [-0.3, -0.25) is 19.2 Å². The van der Waals surface area contributed by atoms with E-state index in [2.05, 4.69) is 0 Å². The molecule has 4 atom stereocenters. The lowest BCUT2D eigenvalue weighted by Gasteiger charge is -2.41. The highest BCUT2D eigenvalue weighted by Gasteiger charge is 2.52. The van der Waals surface area contributed by atoms with Gasteiger partial charge in [0.05, 0.1) is 0 Å². The van der Waals surface area contributed by atoms with Crippen molar-refractivity contribution in [2.75, 3.05) is 24.6 Å². The lowest BCUT2D eigenvalue weighted by molar-refractivity contribution is -0.156. The quantitative estimate of drug-likeness (QED) is 0.290. The summed E-state index contributed by atoms with van der Waals surface area (Å²) in [5, 5.41) is 0. The van der Waals surface area contributed by atoms with Gasteiger partial charge in [-0.1, -0.05) is 82.3 Å². The van der Waals surface area contributed by atoms with E-state index in [1.165, 1.54) is 31.4 Å². The van der Waals surface area contributed by atoms with E-state index >= 15 is 0 Å². The molecule has 0 saturated carbocycles. The average molecular weight is 667 g/mol. The highest BCUT2D eigenvalue weighted by Crippen LogP contribution is 2.35. The predicted molar refractivity (Wildman–Crippen MR) is 169 cm³/mol.